The van der Waals surface area contributed by atoms with Gasteiger partial charge in [0.15, 0.2) is 0 Å². The van der Waals surface area contributed by atoms with E-state index in [4.69, 9.17) is 5.73 Å². The molecule has 80 valence electrons. The Morgan fingerprint density at radius 2 is 2.21 bits per heavy atom. The lowest BCUT2D eigenvalue weighted by Gasteiger charge is -2.22. The summed E-state index contributed by atoms with van der Waals surface area (Å²) in [5.74, 6) is 0. The maximum Gasteiger partial charge on any atom is 0.0521 e. The normalized spacial score (nSPS) is 12.0. The number of hydrogen-bond donors (Lipinski definition) is 1. The van der Waals surface area contributed by atoms with Crippen molar-refractivity contribution < 1.29 is 0 Å². The van der Waals surface area contributed by atoms with Crippen molar-refractivity contribution in [1.82, 2.24) is 9.78 Å². The Morgan fingerprint density at radius 1 is 1.50 bits per heavy atom. The van der Waals surface area contributed by atoms with Gasteiger partial charge in [0.05, 0.1) is 6.20 Å². The van der Waals surface area contributed by atoms with E-state index in [1.165, 1.54) is 5.56 Å². The van der Waals surface area contributed by atoms with Crippen LogP contribution in [0.1, 0.15) is 32.8 Å². The molecule has 1 aromatic heterocycles. The average molecular weight is 195 g/mol. The molecule has 0 saturated heterocycles. The van der Waals surface area contributed by atoms with Crippen LogP contribution < -0.4 is 5.73 Å². The largest absolute Gasteiger partial charge is 0.330 e. The van der Waals surface area contributed by atoms with Crippen LogP contribution in [0.5, 0.6) is 0 Å². The Morgan fingerprint density at radius 3 is 2.71 bits per heavy atom. The Bertz CT molecular complexity index is 276. The Labute approximate surface area is 86.3 Å². The molecule has 0 fully saturated rings. The smallest absolute Gasteiger partial charge is 0.0521 e. The van der Waals surface area contributed by atoms with Gasteiger partial charge in [0.1, 0.15) is 0 Å². The van der Waals surface area contributed by atoms with Crippen LogP contribution in [0.3, 0.4) is 0 Å². The number of hydrogen-bond acceptors (Lipinski definition) is 2. The lowest BCUT2D eigenvalue weighted by molar-refractivity contribution is 0.338. The number of aryl methyl sites for hydroxylation is 1. The van der Waals surface area contributed by atoms with Crippen LogP contribution in [0.25, 0.3) is 0 Å². The van der Waals surface area contributed by atoms with Gasteiger partial charge in [0, 0.05) is 12.7 Å². The summed E-state index contributed by atoms with van der Waals surface area (Å²) in [4.78, 5) is 0. The summed E-state index contributed by atoms with van der Waals surface area (Å²) in [6.07, 6.45) is 6.20. The molecule has 1 heterocycles. The molecule has 0 saturated carbocycles. The minimum atomic E-state index is 0.288. The van der Waals surface area contributed by atoms with Crippen LogP contribution >= 0.6 is 0 Å². The van der Waals surface area contributed by atoms with Crippen molar-refractivity contribution in [3.8, 4) is 0 Å². The highest BCUT2D eigenvalue weighted by atomic mass is 15.3. The Balaban J connectivity index is 2.58. The average Bonchev–Trinajstić information content (AvgIpc) is 2.51. The zero-order chi connectivity index (χ0) is 10.6. The van der Waals surface area contributed by atoms with Gasteiger partial charge < -0.3 is 5.73 Å². The molecular formula is C11H21N3. The lowest BCUT2D eigenvalue weighted by atomic mass is 9.83. The third-order valence-electron chi connectivity index (χ3n) is 2.51. The number of rotatable bonds is 5. The van der Waals surface area contributed by atoms with Gasteiger partial charge >= 0.3 is 0 Å². The summed E-state index contributed by atoms with van der Waals surface area (Å²) >= 11 is 0. The van der Waals surface area contributed by atoms with Crippen molar-refractivity contribution in [2.45, 2.75) is 40.2 Å². The van der Waals surface area contributed by atoms with E-state index in [9.17, 15) is 0 Å². The van der Waals surface area contributed by atoms with Gasteiger partial charge in [-0.25, -0.2) is 0 Å². The van der Waals surface area contributed by atoms with E-state index in [1.807, 2.05) is 10.9 Å². The summed E-state index contributed by atoms with van der Waals surface area (Å²) in [5, 5.41) is 4.26. The maximum absolute atomic E-state index is 5.58. The molecule has 2 N–H and O–H groups in total. The molecule has 0 aliphatic carbocycles. The first kappa shape index (κ1) is 11.2. The van der Waals surface area contributed by atoms with E-state index < -0.39 is 0 Å². The molecular weight excluding hydrogens is 174 g/mol. The van der Waals surface area contributed by atoms with Gasteiger partial charge in [-0.3, -0.25) is 4.68 Å². The predicted molar refractivity (Wildman–Crippen MR) is 59.1 cm³/mol. The highest BCUT2D eigenvalue weighted by molar-refractivity contribution is 5.06. The van der Waals surface area contributed by atoms with Gasteiger partial charge in [-0.1, -0.05) is 13.8 Å². The van der Waals surface area contributed by atoms with Crippen molar-refractivity contribution >= 4 is 0 Å². The van der Waals surface area contributed by atoms with Crippen LogP contribution in [0, 0.1) is 5.41 Å². The monoisotopic (exact) mass is 195 g/mol. The molecule has 3 nitrogen and oxygen atoms in total. The topological polar surface area (TPSA) is 43.8 Å². The zero-order valence-corrected chi connectivity index (χ0v) is 9.45. The summed E-state index contributed by atoms with van der Waals surface area (Å²) in [6, 6.07) is 0. The number of aromatic nitrogens is 2. The first-order valence-corrected chi connectivity index (χ1v) is 5.29. The minimum Gasteiger partial charge on any atom is -0.330 e. The molecule has 0 unspecified atom stereocenters. The standard InChI is InChI=1S/C11H21N3/c1-4-14-9-10(8-13-14)7-11(2,3)5-6-12/h8-9H,4-7,12H2,1-3H3. The fourth-order valence-corrected chi connectivity index (χ4v) is 1.70. The van der Waals surface area contributed by atoms with Crippen LogP contribution in [0.4, 0.5) is 0 Å². The van der Waals surface area contributed by atoms with Gasteiger partial charge in [-0.15, -0.1) is 0 Å². The first-order valence-electron chi connectivity index (χ1n) is 5.29. The minimum absolute atomic E-state index is 0.288. The molecule has 0 radical (unpaired) electrons. The first-order chi connectivity index (χ1) is 6.57. The Hall–Kier alpha value is -0.830. The van der Waals surface area contributed by atoms with Gasteiger partial charge in [-0.2, -0.15) is 5.10 Å². The van der Waals surface area contributed by atoms with Crippen LogP contribution in [-0.2, 0) is 13.0 Å². The maximum atomic E-state index is 5.58. The second-order valence-electron chi connectivity index (χ2n) is 4.58. The highest BCUT2D eigenvalue weighted by Gasteiger charge is 2.18. The second kappa shape index (κ2) is 4.60. The van der Waals surface area contributed by atoms with Crippen molar-refractivity contribution in [2.75, 3.05) is 6.54 Å². The van der Waals surface area contributed by atoms with E-state index in [1.54, 1.807) is 0 Å². The molecule has 3 heteroatoms. The predicted octanol–water partition coefficient (Wildman–Crippen LogP) is 1.82. The molecule has 0 aromatic carbocycles. The third kappa shape index (κ3) is 3.14. The fraction of sp³-hybridized carbons (Fsp3) is 0.727. The van der Waals surface area contributed by atoms with Crippen molar-refractivity contribution in [2.24, 2.45) is 11.1 Å². The molecule has 0 amide bonds. The van der Waals surface area contributed by atoms with E-state index in [2.05, 4.69) is 32.1 Å². The van der Waals surface area contributed by atoms with Crippen molar-refractivity contribution in [1.29, 1.82) is 0 Å². The van der Waals surface area contributed by atoms with Crippen LogP contribution in [0.15, 0.2) is 12.4 Å². The van der Waals surface area contributed by atoms with Crippen molar-refractivity contribution in [3.05, 3.63) is 18.0 Å². The number of nitrogens with zero attached hydrogens (tertiary/aromatic N) is 2. The van der Waals surface area contributed by atoms with Crippen molar-refractivity contribution in [3.63, 3.8) is 0 Å². The summed E-state index contributed by atoms with van der Waals surface area (Å²) < 4.78 is 1.97. The molecule has 1 aromatic rings. The van der Waals surface area contributed by atoms with Gasteiger partial charge in [-0.05, 0) is 37.3 Å². The van der Waals surface area contributed by atoms with E-state index in [0.717, 1.165) is 25.9 Å². The van der Waals surface area contributed by atoms with E-state index in [0.29, 0.717) is 0 Å². The summed E-state index contributed by atoms with van der Waals surface area (Å²) in [6.45, 7) is 8.31. The fourth-order valence-electron chi connectivity index (χ4n) is 1.70. The molecule has 0 bridgehead atoms. The Kier molecular flexibility index (Phi) is 3.69. The van der Waals surface area contributed by atoms with Crippen LogP contribution in [-0.4, -0.2) is 16.3 Å². The molecule has 0 spiro atoms. The van der Waals surface area contributed by atoms with Gasteiger partial charge in [0.25, 0.3) is 0 Å². The van der Waals surface area contributed by atoms with E-state index >= 15 is 0 Å². The summed E-state index contributed by atoms with van der Waals surface area (Å²) in [7, 11) is 0. The zero-order valence-electron chi connectivity index (χ0n) is 9.45. The molecule has 14 heavy (non-hydrogen) atoms. The molecule has 0 aliphatic heterocycles. The highest BCUT2D eigenvalue weighted by Crippen LogP contribution is 2.24. The van der Waals surface area contributed by atoms with Crippen LogP contribution in [0.2, 0.25) is 0 Å². The third-order valence-corrected chi connectivity index (χ3v) is 2.51. The lowest BCUT2D eigenvalue weighted by Crippen LogP contribution is -2.19. The van der Waals surface area contributed by atoms with E-state index in [-0.39, 0.29) is 5.41 Å². The molecule has 0 atom stereocenters. The quantitative estimate of drug-likeness (QED) is 0.779. The second-order valence-corrected chi connectivity index (χ2v) is 4.58. The van der Waals surface area contributed by atoms with Gasteiger partial charge in [0.2, 0.25) is 0 Å². The number of nitrogens with two attached hydrogens (primary N) is 1. The molecule has 0 aliphatic rings. The SMILES string of the molecule is CCn1cc(CC(C)(C)CCN)cn1. The molecule has 1 rings (SSSR count). The summed E-state index contributed by atoms with van der Waals surface area (Å²) in [5.41, 5.74) is 7.18.